The normalized spacial score (nSPS) is 10.1. The largest absolute Gasteiger partial charge is 0.377 e. The second-order valence-corrected chi connectivity index (χ2v) is 2.87. The van der Waals surface area contributed by atoms with E-state index < -0.39 is 0 Å². The number of pyridine rings is 1. The number of H-pyrrole nitrogens is 1. The lowest BCUT2D eigenvalue weighted by Gasteiger charge is -2.02. The Kier molecular flexibility index (Phi) is 2.35. The molecule has 6 nitrogen and oxygen atoms in total. The molecule has 0 unspecified atom stereocenters. The minimum Gasteiger partial charge on any atom is -0.377 e. The lowest BCUT2D eigenvalue weighted by atomic mass is 10.3. The summed E-state index contributed by atoms with van der Waals surface area (Å²) in [5.41, 5.74) is 1.98. The zero-order chi connectivity index (χ0) is 9.80. The summed E-state index contributed by atoms with van der Waals surface area (Å²) in [5, 5.41) is 16.7. The van der Waals surface area contributed by atoms with Crippen LogP contribution in [0.2, 0.25) is 0 Å². The third-order valence-electron chi connectivity index (χ3n) is 1.74. The van der Waals surface area contributed by atoms with Crippen molar-refractivity contribution < 1.29 is 0 Å². The van der Waals surface area contributed by atoms with E-state index in [9.17, 15) is 0 Å². The van der Waals surface area contributed by atoms with Crippen LogP contribution in [0.1, 0.15) is 11.5 Å². The molecule has 0 radical (unpaired) electrons. The van der Waals surface area contributed by atoms with E-state index in [4.69, 9.17) is 0 Å². The molecule has 2 heterocycles. The molecule has 6 heteroatoms. The van der Waals surface area contributed by atoms with Crippen LogP contribution in [0.3, 0.4) is 0 Å². The molecule has 72 valence electrons. The fraction of sp³-hybridized carbons (Fsp3) is 0.250. The molecule has 2 rings (SSSR count). The first-order chi connectivity index (χ1) is 6.84. The van der Waals surface area contributed by atoms with Gasteiger partial charge in [0.05, 0.1) is 6.54 Å². The summed E-state index contributed by atoms with van der Waals surface area (Å²) in [7, 11) is 0. The quantitative estimate of drug-likeness (QED) is 0.737. The van der Waals surface area contributed by atoms with Gasteiger partial charge in [-0.05, 0) is 19.1 Å². The number of aryl methyl sites for hydroxylation is 1. The van der Waals surface area contributed by atoms with Gasteiger partial charge in [0, 0.05) is 17.6 Å². The summed E-state index contributed by atoms with van der Waals surface area (Å²) >= 11 is 0. The van der Waals surface area contributed by atoms with Gasteiger partial charge in [0.25, 0.3) is 0 Å². The van der Waals surface area contributed by atoms with Crippen LogP contribution >= 0.6 is 0 Å². The highest BCUT2D eigenvalue weighted by Gasteiger charge is 1.97. The van der Waals surface area contributed by atoms with Crippen molar-refractivity contribution >= 4 is 5.69 Å². The standard InChI is InChI=1S/C8H10N6/c1-6-4-7(2-3-9-6)10-5-8-11-13-14-12-8/h2-4H,5H2,1H3,(H,9,10)(H,11,12,13,14). The molecule has 2 N–H and O–H groups in total. The van der Waals surface area contributed by atoms with Crippen LogP contribution in [0.15, 0.2) is 18.3 Å². The van der Waals surface area contributed by atoms with Crippen LogP contribution in [0.5, 0.6) is 0 Å². The zero-order valence-corrected chi connectivity index (χ0v) is 7.73. The predicted molar refractivity (Wildman–Crippen MR) is 50.5 cm³/mol. The Morgan fingerprint density at radius 2 is 2.43 bits per heavy atom. The number of rotatable bonds is 3. The third kappa shape index (κ3) is 2.03. The molecule has 0 aliphatic heterocycles. The van der Waals surface area contributed by atoms with Gasteiger partial charge in [-0.25, -0.2) is 0 Å². The number of tetrazole rings is 1. The van der Waals surface area contributed by atoms with Gasteiger partial charge in [0.1, 0.15) is 0 Å². The maximum absolute atomic E-state index is 4.10. The van der Waals surface area contributed by atoms with Crippen molar-refractivity contribution in [3.8, 4) is 0 Å². The Morgan fingerprint density at radius 1 is 1.50 bits per heavy atom. The molecular formula is C8H10N6. The van der Waals surface area contributed by atoms with E-state index in [2.05, 4.69) is 30.9 Å². The summed E-state index contributed by atoms with van der Waals surface area (Å²) in [6, 6.07) is 3.85. The van der Waals surface area contributed by atoms with E-state index in [1.807, 2.05) is 19.1 Å². The van der Waals surface area contributed by atoms with Crippen molar-refractivity contribution in [1.29, 1.82) is 0 Å². The zero-order valence-electron chi connectivity index (χ0n) is 7.73. The molecule has 0 atom stereocenters. The number of nitrogens with one attached hydrogen (secondary N) is 2. The highest BCUT2D eigenvalue weighted by Crippen LogP contribution is 2.07. The first kappa shape index (κ1) is 8.61. The Morgan fingerprint density at radius 3 is 3.14 bits per heavy atom. The second kappa shape index (κ2) is 3.82. The van der Waals surface area contributed by atoms with Crippen molar-refractivity contribution in [2.45, 2.75) is 13.5 Å². The molecule has 0 bridgehead atoms. The van der Waals surface area contributed by atoms with Gasteiger partial charge in [-0.15, -0.1) is 10.2 Å². The van der Waals surface area contributed by atoms with E-state index in [1.165, 1.54) is 0 Å². The number of hydrogen-bond acceptors (Lipinski definition) is 5. The van der Waals surface area contributed by atoms with Crippen LogP contribution < -0.4 is 5.32 Å². The first-order valence-electron chi connectivity index (χ1n) is 4.23. The molecule has 2 aromatic heterocycles. The molecule has 0 saturated heterocycles. The lowest BCUT2D eigenvalue weighted by molar-refractivity contribution is 0.881. The molecule has 0 aliphatic carbocycles. The van der Waals surface area contributed by atoms with Gasteiger partial charge in [-0.3, -0.25) is 4.98 Å². The summed E-state index contributed by atoms with van der Waals surface area (Å²) in [6.07, 6.45) is 1.76. The van der Waals surface area contributed by atoms with Crippen LogP contribution in [-0.4, -0.2) is 25.6 Å². The molecule has 14 heavy (non-hydrogen) atoms. The van der Waals surface area contributed by atoms with Crippen LogP contribution in [0.4, 0.5) is 5.69 Å². The fourth-order valence-corrected chi connectivity index (χ4v) is 1.09. The molecule has 0 fully saturated rings. The number of aromatic nitrogens is 5. The predicted octanol–water partition coefficient (Wildman–Crippen LogP) is 0.515. The average molecular weight is 190 g/mol. The maximum Gasteiger partial charge on any atom is 0.193 e. The average Bonchev–Trinajstić information content (AvgIpc) is 2.67. The number of aromatic amines is 1. The van der Waals surface area contributed by atoms with E-state index in [0.717, 1.165) is 11.4 Å². The van der Waals surface area contributed by atoms with Crippen molar-refractivity contribution in [2.75, 3.05) is 5.32 Å². The van der Waals surface area contributed by atoms with Gasteiger partial charge in [-0.1, -0.05) is 5.21 Å². The summed E-state index contributed by atoms with van der Waals surface area (Å²) < 4.78 is 0. The first-order valence-corrected chi connectivity index (χ1v) is 4.23. The highest BCUT2D eigenvalue weighted by molar-refractivity contribution is 5.42. The van der Waals surface area contributed by atoms with E-state index in [1.54, 1.807) is 6.20 Å². The van der Waals surface area contributed by atoms with Crippen molar-refractivity contribution in [1.82, 2.24) is 25.6 Å². The van der Waals surface area contributed by atoms with Crippen LogP contribution in [0.25, 0.3) is 0 Å². The maximum atomic E-state index is 4.10. The van der Waals surface area contributed by atoms with Crippen LogP contribution in [-0.2, 0) is 6.54 Å². The van der Waals surface area contributed by atoms with Gasteiger partial charge >= 0.3 is 0 Å². The minimum absolute atomic E-state index is 0.556. The van der Waals surface area contributed by atoms with Crippen LogP contribution in [0, 0.1) is 6.92 Å². The third-order valence-corrected chi connectivity index (χ3v) is 1.74. The Balaban J connectivity index is 1.98. The van der Waals surface area contributed by atoms with E-state index >= 15 is 0 Å². The smallest absolute Gasteiger partial charge is 0.193 e. The summed E-state index contributed by atoms with van der Waals surface area (Å²) in [6.45, 7) is 2.50. The highest BCUT2D eigenvalue weighted by atomic mass is 15.5. The SMILES string of the molecule is Cc1cc(NCc2nn[nH]n2)ccn1. The van der Waals surface area contributed by atoms with Gasteiger partial charge in [0.2, 0.25) is 0 Å². The van der Waals surface area contributed by atoms with Crippen molar-refractivity contribution in [2.24, 2.45) is 0 Å². The Labute approximate surface area is 80.8 Å². The van der Waals surface area contributed by atoms with Gasteiger partial charge in [0.15, 0.2) is 5.82 Å². The van der Waals surface area contributed by atoms with Crippen molar-refractivity contribution in [3.63, 3.8) is 0 Å². The summed E-state index contributed by atoms with van der Waals surface area (Å²) in [4.78, 5) is 4.10. The minimum atomic E-state index is 0.556. The number of hydrogen-bond donors (Lipinski definition) is 2. The Bertz CT molecular complexity index is 396. The Hall–Kier alpha value is -1.98. The topological polar surface area (TPSA) is 79.4 Å². The molecule has 0 aliphatic rings. The van der Waals surface area contributed by atoms with E-state index in [0.29, 0.717) is 12.4 Å². The molecule has 2 aromatic rings. The van der Waals surface area contributed by atoms with Gasteiger partial charge < -0.3 is 5.32 Å². The molecular weight excluding hydrogens is 180 g/mol. The number of anilines is 1. The summed E-state index contributed by atoms with van der Waals surface area (Å²) in [5.74, 6) is 0.638. The monoisotopic (exact) mass is 190 g/mol. The number of nitrogens with zero attached hydrogens (tertiary/aromatic N) is 4. The van der Waals surface area contributed by atoms with Crippen molar-refractivity contribution in [3.05, 3.63) is 29.8 Å². The van der Waals surface area contributed by atoms with Gasteiger partial charge in [-0.2, -0.15) is 5.21 Å². The molecule has 0 aromatic carbocycles. The second-order valence-electron chi connectivity index (χ2n) is 2.87. The lowest BCUT2D eigenvalue weighted by Crippen LogP contribution is -2.01. The molecule has 0 spiro atoms. The van der Waals surface area contributed by atoms with E-state index in [-0.39, 0.29) is 0 Å². The molecule has 0 saturated carbocycles. The molecule has 0 amide bonds. The fourth-order valence-electron chi connectivity index (χ4n) is 1.09.